The molecule has 1 rings (SSSR count). The van der Waals surface area contributed by atoms with Crippen LogP contribution >= 0.6 is 11.6 Å². The van der Waals surface area contributed by atoms with Crippen LogP contribution in [-0.4, -0.2) is 30.5 Å². The number of methoxy groups -OCH3 is 1. The number of ether oxygens (including phenoxy) is 1. The second-order valence-corrected chi connectivity index (χ2v) is 3.53. The smallest absolute Gasteiger partial charge is 0.255 e. The molecule has 0 unspecified atom stereocenters. The van der Waals surface area contributed by atoms with Crippen molar-refractivity contribution >= 4 is 17.5 Å². The molecule has 0 spiro atoms. The van der Waals surface area contributed by atoms with Crippen molar-refractivity contribution in [3.8, 4) is 11.5 Å². The molecule has 0 saturated heterocycles. The van der Waals surface area contributed by atoms with Crippen molar-refractivity contribution in [2.45, 2.75) is 6.42 Å². The third kappa shape index (κ3) is 3.03. The van der Waals surface area contributed by atoms with Gasteiger partial charge in [-0.25, -0.2) is 0 Å². The highest BCUT2D eigenvalue weighted by atomic mass is 35.5. The van der Waals surface area contributed by atoms with Gasteiger partial charge in [0.1, 0.15) is 0 Å². The molecule has 2 N–H and O–H groups in total. The summed E-state index contributed by atoms with van der Waals surface area (Å²) in [5.41, 5.74) is 0.203. The van der Waals surface area contributed by atoms with E-state index >= 15 is 0 Å². The van der Waals surface area contributed by atoms with Gasteiger partial charge in [-0.05, 0) is 18.6 Å². The molecule has 1 amide bonds. The molecule has 1 aromatic rings. The van der Waals surface area contributed by atoms with E-state index in [1.165, 1.54) is 13.2 Å². The fourth-order valence-electron chi connectivity index (χ4n) is 1.23. The molecule has 0 radical (unpaired) electrons. The van der Waals surface area contributed by atoms with Gasteiger partial charge >= 0.3 is 0 Å². The molecule has 88 valence electrons. The minimum Gasteiger partial charge on any atom is -0.504 e. The van der Waals surface area contributed by atoms with Crippen LogP contribution < -0.4 is 10.1 Å². The minimum atomic E-state index is -0.332. The Bertz CT molecular complexity index is 368. The SMILES string of the molecule is COc1cccc(C(=O)NCCCCl)c1O. The molecule has 16 heavy (non-hydrogen) atoms. The number of para-hydroxylation sites is 1. The van der Waals surface area contributed by atoms with Crippen molar-refractivity contribution in [2.24, 2.45) is 0 Å². The predicted molar refractivity (Wildman–Crippen MR) is 62.3 cm³/mol. The number of alkyl halides is 1. The number of phenolic OH excluding ortho intramolecular Hbond substituents is 1. The van der Waals surface area contributed by atoms with Crippen LogP contribution in [0.3, 0.4) is 0 Å². The Morgan fingerprint density at radius 3 is 2.94 bits per heavy atom. The number of hydrogen-bond donors (Lipinski definition) is 2. The molecule has 5 heteroatoms. The summed E-state index contributed by atoms with van der Waals surface area (Å²) < 4.78 is 4.91. The first-order valence-electron chi connectivity index (χ1n) is 4.90. The van der Waals surface area contributed by atoms with E-state index in [-0.39, 0.29) is 23.0 Å². The van der Waals surface area contributed by atoms with Crippen LogP contribution in [0.25, 0.3) is 0 Å². The molecule has 0 aliphatic carbocycles. The number of amides is 1. The van der Waals surface area contributed by atoms with Crippen LogP contribution in [0.2, 0.25) is 0 Å². The number of phenols is 1. The lowest BCUT2D eigenvalue weighted by Gasteiger charge is -2.08. The van der Waals surface area contributed by atoms with E-state index in [1.807, 2.05) is 0 Å². The van der Waals surface area contributed by atoms with Gasteiger partial charge in [0.15, 0.2) is 11.5 Å². The van der Waals surface area contributed by atoms with Crippen LogP contribution in [0.15, 0.2) is 18.2 Å². The Labute approximate surface area is 99.2 Å². The maximum Gasteiger partial charge on any atom is 0.255 e. The molecule has 0 aromatic heterocycles. The van der Waals surface area contributed by atoms with Crippen molar-refractivity contribution < 1.29 is 14.6 Å². The van der Waals surface area contributed by atoms with Crippen molar-refractivity contribution in [1.29, 1.82) is 0 Å². The summed E-state index contributed by atoms with van der Waals surface area (Å²) in [5, 5.41) is 12.4. The summed E-state index contributed by atoms with van der Waals surface area (Å²) in [5.74, 6) is 0.296. The molecule has 1 aromatic carbocycles. The molecule has 0 aliphatic heterocycles. The topological polar surface area (TPSA) is 58.6 Å². The number of benzene rings is 1. The van der Waals surface area contributed by atoms with Crippen molar-refractivity contribution in [2.75, 3.05) is 19.5 Å². The lowest BCUT2D eigenvalue weighted by Crippen LogP contribution is -2.24. The predicted octanol–water partition coefficient (Wildman–Crippen LogP) is 1.76. The fraction of sp³-hybridized carbons (Fsp3) is 0.364. The van der Waals surface area contributed by atoms with Gasteiger partial charge < -0.3 is 15.2 Å². The van der Waals surface area contributed by atoms with Gasteiger partial charge in [-0.3, -0.25) is 4.79 Å². The van der Waals surface area contributed by atoms with Gasteiger partial charge in [0.05, 0.1) is 12.7 Å². The van der Waals surface area contributed by atoms with Gasteiger partial charge in [0.2, 0.25) is 0 Å². The summed E-state index contributed by atoms with van der Waals surface area (Å²) in [6, 6.07) is 4.77. The zero-order valence-electron chi connectivity index (χ0n) is 9.00. The summed E-state index contributed by atoms with van der Waals surface area (Å²) in [6.45, 7) is 0.485. The fourth-order valence-corrected chi connectivity index (χ4v) is 1.37. The van der Waals surface area contributed by atoms with Gasteiger partial charge in [0, 0.05) is 12.4 Å². The maximum absolute atomic E-state index is 11.6. The summed E-state index contributed by atoms with van der Waals surface area (Å²) in [6.07, 6.45) is 0.692. The number of nitrogens with one attached hydrogen (secondary N) is 1. The number of halogens is 1. The summed E-state index contributed by atoms with van der Waals surface area (Å²) in [7, 11) is 1.43. The zero-order valence-corrected chi connectivity index (χ0v) is 9.75. The van der Waals surface area contributed by atoms with Gasteiger partial charge in [-0.2, -0.15) is 0 Å². The zero-order chi connectivity index (χ0) is 12.0. The quantitative estimate of drug-likeness (QED) is 0.612. The van der Waals surface area contributed by atoms with Crippen molar-refractivity contribution in [1.82, 2.24) is 5.32 Å². The van der Waals surface area contributed by atoms with E-state index < -0.39 is 0 Å². The highest BCUT2D eigenvalue weighted by Crippen LogP contribution is 2.28. The number of carbonyl (C=O) groups is 1. The molecular formula is C11H14ClNO3. The third-order valence-electron chi connectivity index (χ3n) is 2.06. The Morgan fingerprint density at radius 1 is 1.56 bits per heavy atom. The monoisotopic (exact) mass is 243 g/mol. The van der Waals surface area contributed by atoms with Gasteiger partial charge in [0.25, 0.3) is 5.91 Å². The Morgan fingerprint density at radius 2 is 2.31 bits per heavy atom. The van der Waals surface area contributed by atoms with Crippen LogP contribution in [0.5, 0.6) is 11.5 Å². The number of hydrogen-bond acceptors (Lipinski definition) is 3. The van der Waals surface area contributed by atoms with E-state index in [1.54, 1.807) is 12.1 Å². The second kappa shape index (κ2) is 6.23. The van der Waals surface area contributed by atoms with Gasteiger partial charge in [-0.15, -0.1) is 11.6 Å². The van der Waals surface area contributed by atoms with Crippen LogP contribution in [0.1, 0.15) is 16.8 Å². The minimum absolute atomic E-state index is 0.145. The summed E-state index contributed by atoms with van der Waals surface area (Å²) in [4.78, 5) is 11.6. The number of rotatable bonds is 5. The normalized spacial score (nSPS) is 9.88. The standard InChI is InChI=1S/C11H14ClNO3/c1-16-9-5-2-4-8(10(9)14)11(15)13-7-3-6-12/h2,4-5,14H,3,6-7H2,1H3,(H,13,15). The van der Waals surface area contributed by atoms with E-state index in [2.05, 4.69) is 5.32 Å². The molecule has 0 bridgehead atoms. The van der Waals surface area contributed by atoms with E-state index in [0.717, 1.165) is 0 Å². The van der Waals surface area contributed by atoms with E-state index in [0.29, 0.717) is 18.8 Å². The lowest BCUT2D eigenvalue weighted by molar-refractivity contribution is 0.0950. The number of carbonyl (C=O) groups excluding carboxylic acids is 1. The van der Waals surface area contributed by atoms with Crippen molar-refractivity contribution in [3.05, 3.63) is 23.8 Å². The maximum atomic E-state index is 11.6. The third-order valence-corrected chi connectivity index (χ3v) is 2.33. The van der Waals surface area contributed by atoms with Crippen LogP contribution in [-0.2, 0) is 0 Å². The molecule has 0 fully saturated rings. The molecule has 0 heterocycles. The molecule has 0 aliphatic rings. The first-order valence-corrected chi connectivity index (χ1v) is 5.44. The number of aromatic hydroxyl groups is 1. The Balaban J connectivity index is 2.75. The average Bonchev–Trinajstić information content (AvgIpc) is 2.29. The molecule has 4 nitrogen and oxygen atoms in total. The lowest BCUT2D eigenvalue weighted by atomic mass is 10.1. The Kier molecular flexibility index (Phi) is 4.92. The largest absolute Gasteiger partial charge is 0.504 e. The van der Waals surface area contributed by atoms with E-state index in [4.69, 9.17) is 16.3 Å². The van der Waals surface area contributed by atoms with E-state index in [9.17, 15) is 9.90 Å². The summed E-state index contributed by atoms with van der Waals surface area (Å²) >= 11 is 5.49. The first-order chi connectivity index (χ1) is 7.70. The van der Waals surface area contributed by atoms with Crippen LogP contribution in [0.4, 0.5) is 0 Å². The average molecular weight is 244 g/mol. The Hall–Kier alpha value is -1.42. The highest BCUT2D eigenvalue weighted by molar-refractivity contribution is 6.17. The second-order valence-electron chi connectivity index (χ2n) is 3.15. The van der Waals surface area contributed by atoms with Crippen molar-refractivity contribution in [3.63, 3.8) is 0 Å². The van der Waals surface area contributed by atoms with Crippen LogP contribution in [0, 0.1) is 0 Å². The highest BCUT2D eigenvalue weighted by Gasteiger charge is 2.13. The molecule has 0 saturated carbocycles. The van der Waals surface area contributed by atoms with Gasteiger partial charge in [-0.1, -0.05) is 6.07 Å². The molecular weight excluding hydrogens is 230 g/mol. The first kappa shape index (κ1) is 12.6. The molecule has 0 atom stereocenters.